The molecule has 4 aromatic carbocycles. The fourth-order valence-corrected chi connectivity index (χ4v) is 4.18. The van der Waals surface area contributed by atoms with Gasteiger partial charge in [-0.1, -0.05) is 59.6 Å². The molecule has 0 bridgehead atoms. The van der Waals surface area contributed by atoms with E-state index in [1.807, 2.05) is 48.5 Å². The van der Waals surface area contributed by atoms with E-state index >= 15 is 0 Å². The molecular formula is C29H23Cl2N3O6. The van der Waals surface area contributed by atoms with E-state index in [0.29, 0.717) is 29.4 Å². The van der Waals surface area contributed by atoms with Crippen molar-refractivity contribution in [2.45, 2.75) is 13.2 Å². The van der Waals surface area contributed by atoms with Crippen LogP contribution in [0.5, 0.6) is 17.2 Å². The van der Waals surface area contributed by atoms with Crippen molar-refractivity contribution in [1.29, 1.82) is 0 Å². The molecule has 40 heavy (non-hydrogen) atoms. The first-order valence-corrected chi connectivity index (χ1v) is 12.6. The van der Waals surface area contributed by atoms with Gasteiger partial charge in [0.05, 0.1) is 28.3 Å². The Kier molecular flexibility index (Phi) is 9.56. The molecule has 4 aromatic rings. The van der Waals surface area contributed by atoms with Crippen LogP contribution >= 0.6 is 23.2 Å². The van der Waals surface area contributed by atoms with Gasteiger partial charge in [-0.3, -0.25) is 14.9 Å². The first-order valence-electron chi connectivity index (χ1n) is 11.9. The van der Waals surface area contributed by atoms with Crippen LogP contribution in [0.15, 0.2) is 90.0 Å². The van der Waals surface area contributed by atoms with Crippen molar-refractivity contribution in [3.05, 3.63) is 127 Å². The summed E-state index contributed by atoms with van der Waals surface area (Å²) in [6, 6.07) is 23.6. The van der Waals surface area contributed by atoms with Crippen LogP contribution in [0.25, 0.3) is 0 Å². The first kappa shape index (κ1) is 28.4. The molecule has 11 heteroatoms. The summed E-state index contributed by atoms with van der Waals surface area (Å²) in [5.41, 5.74) is 4.83. The molecule has 4 rings (SSSR count). The van der Waals surface area contributed by atoms with Crippen molar-refractivity contribution in [1.82, 2.24) is 5.43 Å². The number of methoxy groups -OCH3 is 1. The molecule has 0 saturated heterocycles. The fourth-order valence-electron chi connectivity index (χ4n) is 3.57. The highest BCUT2D eigenvalue weighted by atomic mass is 35.5. The monoisotopic (exact) mass is 579 g/mol. The number of hydrogen-bond donors (Lipinski definition) is 1. The van der Waals surface area contributed by atoms with Gasteiger partial charge in [0, 0.05) is 17.7 Å². The van der Waals surface area contributed by atoms with Crippen molar-refractivity contribution in [2.24, 2.45) is 5.10 Å². The number of hydrogen-bond acceptors (Lipinski definition) is 7. The van der Waals surface area contributed by atoms with Gasteiger partial charge >= 0.3 is 0 Å². The average Bonchev–Trinajstić information content (AvgIpc) is 2.96. The summed E-state index contributed by atoms with van der Waals surface area (Å²) in [4.78, 5) is 22.4. The summed E-state index contributed by atoms with van der Waals surface area (Å²) in [5.74, 6) is 0.931. The number of amides is 1. The number of hydrazone groups is 1. The molecule has 9 nitrogen and oxygen atoms in total. The maximum atomic E-state index is 12.2. The molecular weight excluding hydrogens is 557 g/mol. The Bertz CT molecular complexity index is 1510. The van der Waals surface area contributed by atoms with E-state index in [1.165, 1.54) is 30.5 Å². The lowest BCUT2D eigenvalue weighted by Gasteiger charge is -2.14. The molecule has 0 atom stereocenters. The summed E-state index contributed by atoms with van der Waals surface area (Å²) in [5, 5.41) is 15.2. The molecule has 0 aliphatic rings. The van der Waals surface area contributed by atoms with Crippen LogP contribution in [-0.4, -0.2) is 24.2 Å². The Hall–Kier alpha value is -4.60. The van der Waals surface area contributed by atoms with Crippen LogP contribution < -0.4 is 19.6 Å². The third-order valence-corrected chi connectivity index (χ3v) is 6.15. The van der Waals surface area contributed by atoms with Crippen molar-refractivity contribution in [2.75, 3.05) is 7.11 Å². The smallest absolute Gasteiger partial charge is 0.271 e. The topological polar surface area (TPSA) is 112 Å². The molecule has 1 amide bonds. The molecule has 0 saturated carbocycles. The number of benzene rings is 4. The highest BCUT2D eigenvalue weighted by molar-refractivity contribution is 6.37. The minimum Gasteiger partial charge on any atom is -0.493 e. The zero-order chi connectivity index (χ0) is 28.5. The minimum atomic E-state index is -0.545. The first-order chi connectivity index (χ1) is 19.3. The summed E-state index contributed by atoms with van der Waals surface area (Å²) < 4.78 is 17.3. The molecule has 0 heterocycles. The summed E-state index contributed by atoms with van der Waals surface area (Å²) in [6.07, 6.45) is 1.36. The second-order valence-corrected chi connectivity index (χ2v) is 9.18. The lowest BCUT2D eigenvalue weighted by molar-refractivity contribution is -0.384. The van der Waals surface area contributed by atoms with Crippen LogP contribution in [0.3, 0.4) is 0 Å². The standard InChI is InChI=1S/C29H23Cl2N3O6/c1-38-27-15-20(7-12-26(27)39-17-19-5-3-2-4-6-19)18-40-28-24(30)13-21(14-25(28)31)16-32-33-29(35)22-8-10-23(11-9-22)34(36)37/h2-16H,17-18H2,1H3,(H,33,35)/b32-16+. The Morgan fingerprint density at radius 2 is 1.57 bits per heavy atom. The minimum absolute atomic E-state index is 0.115. The number of rotatable bonds is 11. The second-order valence-electron chi connectivity index (χ2n) is 8.36. The van der Waals surface area contributed by atoms with Crippen LogP contribution in [0.1, 0.15) is 27.0 Å². The molecule has 0 fully saturated rings. The van der Waals surface area contributed by atoms with Gasteiger partial charge < -0.3 is 14.2 Å². The van der Waals surface area contributed by atoms with Gasteiger partial charge in [0.15, 0.2) is 17.2 Å². The predicted octanol–water partition coefficient (Wildman–Crippen LogP) is 6.83. The average molecular weight is 580 g/mol. The number of halogens is 2. The van der Waals surface area contributed by atoms with Crippen molar-refractivity contribution < 1.29 is 23.9 Å². The Morgan fingerprint density at radius 1 is 0.900 bits per heavy atom. The van der Waals surface area contributed by atoms with Crippen LogP contribution in [-0.2, 0) is 13.2 Å². The Labute approximate surface area is 240 Å². The number of nitro groups is 1. The molecule has 0 spiro atoms. The van der Waals surface area contributed by atoms with E-state index in [0.717, 1.165) is 11.1 Å². The lowest BCUT2D eigenvalue weighted by Crippen LogP contribution is -2.17. The number of non-ortho nitro benzene ring substituents is 1. The van der Waals surface area contributed by atoms with Gasteiger partial charge in [-0.25, -0.2) is 5.43 Å². The van der Waals surface area contributed by atoms with E-state index in [2.05, 4.69) is 10.5 Å². The van der Waals surface area contributed by atoms with E-state index in [9.17, 15) is 14.9 Å². The summed E-state index contributed by atoms with van der Waals surface area (Å²) in [6.45, 7) is 0.585. The number of nitrogens with zero attached hydrogens (tertiary/aromatic N) is 2. The SMILES string of the molecule is COc1cc(COc2c(Cl)cc(/C=N/NC(=O)c3ccc([N+](=O)[O-])cc3)cc2Cl)ccc1OCc1ccccc1. The molecule has 1 N–H and O–H groups in total. The molecule has 0 aliphatic heterocycles. The number of carbonyl (C=O) groups excluding carboxylic acids is 1. The molecule has 0 radical (unpaired) electrons. The largest absolute Gasteiger partial charge is 0.493 e. The lowest BCUT2D eigenvalue weighted by atomic mass is 10.2. The van der Waals surface area contributed by atoms with Crippen molar-refractivity contribution in [3.63, 3.8) is 0 Å². The third-order valence-electron chi connectivity index (χ3n) is 5.59. The fraction of sp³-hybridized carbons (Fsp3) is 0.103. The quantitative estimate of drug-likeness (QED) is 0.118. The zero-order valence-corrected chi connectivity index (χ0v) is 22.7. The number of ether oxygens (including phenoxy) is 3. The maximum Gasteiger partial charge on any atom is 0.271 e. The van der Waals surface area contributed by atoms with E-state index in [1.54, 1.807) is 19.2 Å². The number of carbonyl (C=O) groups is 1. The third kappa shape index (κ3) is 7.49. The van der Waals surface area contributed by atoms with E-state index in [4.69, 9.17) is 37.4 Å². The van der Waals surface area contributed by atoms with Gasteiger partial charge in [-0.15, -0.1) is 0 Å². The van der Waals surface area contributed by atoms with E-state index < -0.39 is 10.8 Å². The Balaban J connectivity index is 1.35. The van der Waals surface area contributed by atoms with Crippen molar-refractivity contribution in [3.8, 4) is 17.2 Å². The van der Waals surface area contributed by atoms with Gasteiger partial charge in [0.1, 0.15) is 13.2 Å². The van der Waals surface area contributed by atoms with Crippen molar-refractivity contribution >= 4 is 41.0 Å². The van der Waals surface area contributed by atoms with E-state index in [-0.39, 0.29) is 27.9 Å². The number of nitrogens with one attached hydrogen (secondary N) is 1. The summed E-state index contributed by atoms with van der Waals surface area (Å²) >= 11 is 12.8. The second kappa shape index (κ2) is 13.5. The Morgan fingerprint density at radius 3 is 2.23 bits per heavy atom. The van der Waals surface area contributed by atoms with Crippen LogP contribution in [0, 0.1) is 10.1 Å². The molecule has 0 aliphatic carbocycles. The summed E-state index contributed by atoms with van der Waals surface area (Å²) in [7, 11) is 1.57. The van der Waals surface area contributed by atoms with Crippen LogP contribution in [0.4, 0.5) is 5.69 Å². The highest BCUT2D eigenvalue weighted by Crippen LogP contribution is 2.35. The van der Waals surface area contributed by atoms with Gasteiger partial charge in [-0.05, 0) is 53.1 Å². The van der Waals surface area contributed by atoms with Crippen LogP contribution in [0.2, 0.25) is 10.0 Å². The van der Waals surface area contributed by atoms with Gasteiger partial charge in [-0.2, -0.15) is 5.10 Å². The molecule has 0 aromatic heterocycles. The molecule has 0 unspecified atom stereocenters. The normalized spacial score (nSPS) is 10.8. The predicted molar refractivity (Wildman–Crippen MR) is 153 cm³/mol. The highest BCUT2D eigenvalue weighted by Gasteiger charge is 2.12. The molecule has 204 valence electrons. The zero-order valence-electron chi connectivity index (χ0n) is 21.2. The maximum absolute atomic E-state index is 12.2. The van der Waals surface area contributed by atoms with Gasteiger partial charge in [0.2, 0.25) is 0 Å². The van der Waals surface area contributed by atoms with Gasteiger partial charge in [0.25, 0.3) is 11.6 Å². The number of nitro benzene ring substituents is 1.